The lowest BCUT2D eigenvalue weighted by Crippen LogP contribution is -2.01. The average molecular weight is 199 g/mol. The number of nitrogens with one attached hydrogen (secondary N) is 1. The van der Waals surface area contributed by atoms with Gasteiger partial charge in [0.1, 0.15) is 4.99 Å². The molecule has 2 aromatic carbocycles. The fourth-order valence-corrected chi connectivity index (χ4v) is 2.32. The van der Waals surface area contributed by atoms with Crippen LogP contribution < -0.4 is 5.32 Å². The van der Waals surface area contributed by atoms with Crippen LogP contribution in [0.15, 0.2) is 30.3 Å². The van der Waals surface area contributed by atoms with Crippen molar-refractivity contribution in [2.24, 2.45) is 0 Å². The van der Waals surface area contributed by atoms with Crippen molar-refractivity contribution >= 4 is 33.7 Å². The van der Waals surface area contributed by atoms with Crippen LogP contribution in [0, 0.1) is 6.92 Å². The number of thiocarbonyl (C=S) groups is 1. The molecule has 1 heterocycles. The molecule has 0 saturated heterocycles. The van der Waals surface area contributed by atoms with Crippen LogP contribution in [0.3, 0.4) is 0 Å². The lowest BCUT2D eigenvalue weighted by atomic mass is 10.0. The highest BCUT2D eigenvalue weighted by molar-refractivity contribution is 7.81. The Labute approximate surface area is 87.7 Å². The van der Waals surface area contributed by atoms with Crippen LogP contribution in [0.25, 0.3) is 10.8 Å². The first-order valence-corrected chi connectivity index (χ1v) is 5.02. The molecule has 0 unspecified atom stereocenters. The van der Waals surface area contributed by atoms with Crippen LogP contribution in [-0.2, 0) is 0 Å². The molecule has 1 aliphatic heterocycles. The number of anilines is 1. The minimum atomic E-state index is 0.844. The Kier molecular flexibility index (Phi) is 1.45. The number of benzene rings is 2. The number of hydrogen-bond acceptors (Lipinski definition) is 1. The van der Waals surface area contributed by atoms with Crippen LogP contribution >= 0.6 is 12.2 Å². The van der Waals surface area contributed by atoms with E-state index in [-0.39, 0.29) is 0 Å². The summed E-state index contributed by atoms with van der Waals surface area (Å²) < 4.78 is 0. The van der Waals surface area contributed by atoms with Gasteiger partial charge in [-0.05, 0) is 23.9 Å². The molecule has 0 atom stereocenters. The van der Waals surface area contributed by atoms with E-state index in [0.29, 0.717) is 0 Å². The van der Waals surface area contributed by atoms with E-state index in [0.717, 1.165) is 16.2 Å². The predicted molar refractivity (Wildman–Crippen MR) is 64.0 cm³/mol. The van der Waals surface area contributed by atoms with Crippen molar-refractivity contribution in [1.29, 1.82) is 0 Å². The minimum absolute atomic E-state index is 0.844. The van der Waals surface area contributed by atoms with Gasteiger partial charge in [0.15, 0.2) is 0 Å². The molecule has 0 fully saturated rings. The maximum Gasteiger partial charge on any atom is 0.111 e. The molecule has 1 aliphatic rings. The molecule has 14 heavy (non-hydrogen) atoms. The highest BCUT2D eigenvalue weighted by Crippen LogP contribution is 2.34. The largest absolute Gasteiger partial charge is 0.346 e. The van der Waals surface area contributed by atoms with Crippen LogP contribution in [0.4, 0.5) is 5.69 Å². The van der Waals surface area contributed by atoms with Crippen molar-refractivity contribution in [2.45, 2.75) is 6.92 Å². The molecule has 68 valence electrons. The summed E-state index contributed by atoms with van der Waals surface area (Å²) in [6, 6.07) is 10.5. The van der Waals surface area contributed by atoms with Gasteiger partial charge in [-0.25, -0.2) is 0 Å². The second kappa shape index (κ2) is 2.55. The molecule has 1 nitrogen and oxygen atoms in total. The lowest BCUT2D eigenvalue weighted by Gasteiger charge is -2.02. The third-order valence-corrected chi connectivity index (χ3v) is 3.07. The van der Waals surface area contributed by atoms with Gasteiger partial charge in [-0.1, -0.05) is 36.5 Å². The van der Waals surface area contributed by atoms with E-state index < -0.39 is 0 Å². The summed E-state index contributed by atoms with van der Waals surface area (Å²) in [4.78, 5) is 0.844. The Morgan fingerprint density at radius 3 is 2.86 bits per heavy atom. The predicted octanol–water partition coefficient (Wildman–Crippen LogP) is 3.25. The SMILES string of the molecule is Cc1ccc2c3c(cccc13)C(=S)N2. The molecule has 2 aromatic rings. The molecule has 0 saturated carbocycles. The Morgan fingerprint density at radius 1 is 1.14 bits per heavy atom. The van der Waals surface area contributed by atoms with Crippen LogP contribution in [0.5, 0.6) is 0 Å². The Bertz CT molecular complexity index is 557. The fourth-order valence-electron chi connectivity index (χ4n) is 2.04. The van der Waals surface area contributed by atoms with Gasteiger partial charge in [0.25, 0.3) is 0 Å². The maximum atomic E-state index is 5.27. The second-order valence-corrected chi connectivity index (χ2v) is 4.02. The highest BCUT2D eigenvalue weighted by Gasteiger charge is 2.17. The van der Waals surface area contributed by atoms with E-state index in [1.807, 2.05) is 0 Å². The van der Waals surface area contributed by atoms with Gasteiger partial charge < -0.3 is 5.32 Å². The molecule has 0 amide bonds. The number of rotatable bonds is 0. The van der Waals surface area contributed by atoms with Crippen molar-refractivity contribution in [3.8, 4) is 0 Å². The first-order valence-electron chi connectivity index (χ1n) is 4.61. The van der Waals surface area contributed by atoms with Crippen molar-refractivity contribution in [3.63, 3.8) is 0 Å². The Hall–Kier alpha value is -1.41. The van der Waals surface area contributed by atoms with Gasteiger partial charge in [0.05, 0.1) is 0 Å². The number of aryl methyl sites for hydroxylation is 1. The lowest BCUT2D eigenvalue weighted by molar-refractivity contribution is 1.53. The van der Waals surface area contributed by atoms with Crippen LogP contribution in [-0.4, -0.2) is 4.99 Å². The van der Waals surface area contributed by atoms with Crippen molar-refractivity contribution < 1.29 is 0 Å². The molecule has 0 radical (unpaired) electrons. The van der Waals surface area contributed by atoms with E-state index in [2.05, 4.69) is 42.6 Å². The quantitative estimate of drug-likeness (QED) is 0.654. The molecule has 0 aliphatic carbocycles. The van der Waals surface area contributed by atoms with E-state index in [1.54, 1.807) is 0 Å². The minimum Gasteiger partial charge on any atom is -0.346 e. The molecular formula is C12H9NS. The zero-order valence-electron chi connectivity index (χ0n) is 7.79. The van der Waals surface area contributed by atoms with Crippen molar-refractivity contribution in [3.05, 3.63) is 41.5 Å². The van der Waals surface area contributed by atoms with E-state index >= 15 is 0 Å². The molecule has 1 N–H and O–H groups in total. The first-order chi connectivity index (χ1) is 6.77. The second-order valence-electron chi connectivity index (χ2n) is 3.61. The van der Waals surface area contributed by atoms with Gasteiger partial charge in [-0.2, -0.15) is 0 Å². The van der Waals surface area contributed by atoms with Crippen LogP contribution in [0.2, 0.25) is 0 Å². The topological polar surface area (TPSA) is 12.0 Å². The van der Waals surface area contributed by atoms with Gasteiger partial charge in [-0.3, -0.25) is 0 Å². The summed E-state index contributed by atoms with van der Waals surface area (Å²) in [5.41, 5.74) is 3.61. The molecule has 2 heteroatoms. The molecular weight excluding hydrogens is 190 g/mol. The molecule has 0 bridgehead atoms. The summed E-state index contributed by atoms with van der Waals surface area (Å²) in [7, 11) is 0. The van der Waals surface area contributed by atoms with Crippen molar-refractivity contribution in [2.75, 3.05) is 5.32 Å². The molecule has 3 rings (SSSR count). The zero-order valence-corrected chi connectivity index (χ0v) is 8.61. The summed E-state index contributed by atoms with van der Waals surface area (Å²) in [6.07, 6.45) is 0. The van der Waals surface area contributed by atoms with Gasteiger partial charge in [0, 0.05) is 16.6 Å². The Morgan fingerprint density at radius 2 is 2.00 bits per heavy atom. The standard InChI is InChI=1S/C12H9NS/c1-7-5-6-10-11-8(7)3-2-4-9(11)12(14)13-10/h2-6H,1H3,(H,13,14). The zero-order chi connectivity index (χ0) is 9.71. The normalized spacial score (nSPS) is 13.4. The van der Waals surface area contributed by atoms with E-state index in [9.17, 15) is 0 Å². The summed E-state index contributed by atoms with van der Waals surface area (Å²) in [5, 5.41) is 5.80. The summed E-state index contributed by atoms with van der Waals surface area (Å²) in [6.45, 7) is 2.13. The monoisotopic (exact) mass is 199 g/mol. The number of hydrogen-bond donors (Lipinski definition) is 1. The van der Waals surface area contributed by atoms with Crippen LogP contribution in [0.1, 0.15) is 11.1 Å². The van der Waals surface area contributed by atoms with Gasteiger partial charge >= 0.3 is 0 Å². The van der Waals surface area contributed by atoms with Gasteiger partial charge in [-0.15, -0.1) is 0 Å². The molecule has 0 spiro atoms. The maximum absolute atomic E-state index is 5.27. The third kappa shape index (κ3) is 0.863. The van der Waals surface area contributed by atoms with E-state index in [4.69, 9.17) is 12.2 Å². The first kappa shape index (κ1) is 7.94. The smallest absolute Gasteiger partial charge is 0.111 e. The summed E-state index contributed by atoms with van der Waals surface area (Å²) in [5.74, 6) is 0. The highest BCUT2D eigenvalue weighted by atomic mass is 32.1. The fraction of sp³-hybridized carbons (Fsp3) is 0.0833. The summed E-state index contributed by atoms with van der Waals surface area (Å²) >= 11 is 5.27. The third-order valence-electron chi connectivity index (χ3n) is 2.75. The van der Waals surface area contributed by atoms with Crippen molar-refractivity contribution in [1.82, 2.24) is 0 Å². The van der Waals surface area contributed by atoms with Gasteiger partial charge in [0.2, 0.25) is 0 Å². The average Bonchev–Trinajstić information content (AvgIpc) is 2.52. The van der Waals surface area contributed by atoms with E-state index in [1.165, 1.54) is 16.3 Å². The Balaban J connectivity index is 2.58. The molecule has 0 aromatic heterocycles.